The van der Waals surface area contributed by atoms with E-state index >= 15 is 0 Å². The molecule has 13 heavy (non-hydrogen) atoms. The number of alkyl halides is 2. The van der Waals surface area contributed by atoms with Crippen LogP contribution in [0.3, 0.4) is 0 Å². The molecule has 0 saturated carbocycles. The van der Waals surface area contributed by atoms with Crippen LogP contribution in [0.15, 0.2) is 6.07 Å². The minimum absolute atomic E-state index is 0.0139. The van der Waals surface area contributed by atoms with Crippen molar-refractivity contribution >= 4 is 5.82 Å². The van der Waals surface area contributed by atoms with Gasteiger partial charge in [0.2, 0.25) is 5.95 Å². The van der Waals surface area contributed by atoms with E-state index in [1.54, 1.807) is 0 Å². The third kappa shape index (κ3) is 1.89. The second kappa shape index (κ2) is 3.61. The number of halogens is 3. The van der Waals surface area contributed by atoms with E-state index in [1.807, 2.05) is 0 Å². The highest BCUT2D eigenvalue weighted by Crippen LogP contribution is 2.25. The van der Waals surface area contributed by atoms with Gasteiger partial charge in [0, 0.05) is 6.54 Å². The summed E-state index contributed by atoms with van der Waals surface area (Å²) in [4.78, 5) is 3.08. The Labute approximate surface area is 72.6 Å². The Morgan fingerprint density at radius 1 is 1.46 bits per heavy atom. The van der Waals surface area contributed by atoms with Gasteiger partial charge in [-0.3, -0.25) is 0 Å². The molecule has 0 aliphatic rings. The molecule has 0 amide bonds. The normalized spacial score (nSPS) is 10.8. The Morgan fingerprint density at radius 2 is 2.08 bits per heavy atom. The van der Waals surface area contributed by atoms with Gasteiger partial charge in [0.05, 0.1) is 5.56 Å². The summed E-state index contributed by atoms with van der Waals surface area (Å²) in [6.45, 7) is -0.191. The number of rotatable bonds is 2. The molecule has 0 bridgehead atoms. The standard InChI is InChI=1S/C7H8F3N3/c8-6(9)5-3(2-11)1-4(12)13-7(5)10/h1,6H,2,11H2,(H2,12,13). The molecule has 0 aliphatic carbocycles. The minimum Gasteiger partial charge on any atom is -0.384 e. The lowest BCUT2D eigenvalue weighted by atomic mass is 10.1. The van der Waals surface area contributed by atoms with E-state index in [1.165, 1.54) is 0 Å². The highest BCUT2D eigenvalue weighted by molar-refractivity contribution is 5.38. The Morgan fingerprint density at radius 3 is 2.54 bits per heavy atom. The SMILES string of the molecule is NCc1cc(N)nc(F)c1C(F)F. The van der Waals surface area contributed by atoms with Gasteiger partial charge in [0.15, 0.2) is 0 Å². The molecule has 6 heteroatoms. The van der Waals surface area contributed by atoms with Crippen LogP contribution in [0.25, 0.3) is 0 Å². The lowest BCUT2D eigenvalue weighted by molar-refractivity contribution is 0.144. The molecule has 0 atom stereocenters. The predicted molar refractivity (Wildman–Crippen MR) is 41.5 cm³/mol. The minimum atomic E-state index is -2.92. The van der Waals surface area contributed by atoms with Gasteiger partial charge >= 0.3 is 0 Å². The largest absolute Gasteiger partial charge is 0.384 e. The quantitative estimate of drug-likeness (QED) is 0.690. The van der Waals surface area contributed by atoms with E-state index in [9.17, 15) is 13.2 Å². The van der Waals surface area contributed by atoms with E-state index in [-0.39, 0.29) is 17.9 Å². The van der Waals surface area contributed by atoms with Crippen LogP contribution in [0.1, 0.15) is 17.6 Å². The second-order valence-electron chi connectivity index (χ2n) is 2.42. The number of nitrogens with two attached hydrogens (primary N) is 2. The summed E-state index contributed by atoms with van der Waals surface area (Å²) in [6, 6.07) is 1.14. The summed E-state index contributed by atoms with van der Waals surface area (Å²) in [5, 5.41) is 0. The summed E-state index contributed by atoms with van der Waals surface area (Å²) < 4.78 is 37.3. The Bertz CT molecular complexity index is 314. The molecule has 0 fully saturated rings. The maximum Gasteiger partial charge on any atom is 0.268 e. The van der Waals surface area contributed by atoms with Crippen LogP contribution in [-0.4, -0.2) is 4.98 Å². The molecule has 0 aromatic carbocycles. The summed E-state index contributed by atoms with van der Waals surface area (Å²) in [7, 11) is 0. The summed E-state index contributed by atoms with van der Waals surface area (Å²) in [5.41, 5.74) is 9.51. The van der Waals surface area contributed by atoms with Crippen molar-refractivity contribution in [2.24, 2.45) is 5.73 Å². The molecule has 0 unspecified atom stereocenters. The zero-order valence-electron chi connectivity index (χ0n) is 6.60. The first kappa shape index (κ1) is 9.79. The number of nitrogens with zero attached hydrogens (tertiary/aromatic N) is 1. The van der Waals surface area contributed by atoms with Crippen molar-refractivity contribution in [1.29, 1.82) is 0 Å². The number of nitrogen functional groups attached to an aromatic ring is 1. The van der Waals surface area contributed by atoms with Gasteiger partial charge in [0.1, 0.15) is 5.82 Å². The monoisotopic (exact) mass is 191 g/mol. The molecule has 4 N–H and O–H groups in total. The van der Waals surface area contributed by atoms with E-state index in [2.05, 4.69) is 4.98 Å². The average molecular weight is 191 g/mol. The van der Waals surface area contributed by atoms with E-state index in [4.69, 9.17) is 11.5 Å². The van der Waals surface area contributed by atoms with Crippen LogP contribution in [0.4, 0.5) is 19.0 Å². The smallest absolute Gasteiger partial charge is 0.268 e. The third-order valence-electron chi connectivity index (χ3n) is 1.56. The fraction of sp³-hybridized carbons (Fsp3) is 0.286. The molecule has 1 aromatic rings. The Balaban J connectivity index is 3.30. The topological polar surface area (TPSA) is 64.9 Å². The fourth-order valence-corrected chi connectivity index (χ4v) is 0.994. The first-order valence-electron chi connectivity index (χ1n) is 3.49. The van der Waals surface area contributed by atoms with Crippen LogP contribution >= 0.6 is 0 Å². The molecule has 1 heterocycles. The maximum atomic E-state index is 12.8. The Kier molecular flexibility index (Phi) is 2.72. The lowest BCUT2D eigenvalue weighted by Gasteiger charge is -2.07. The average Bonchev–Trinajstić information content (AvgIpc) is 2.01. The molecular formula is C7H8F3N3. The number of hydrogen-bond acceptors (Lipinski definition) is 3. The number of anilines is 1. The number of hydrogen-bond donors (Lipinski definition) is 2. The van der Waals surface area contributed by atoms with Gasteiger partial charge in [-0.2, -0.15) is 4.39 Å². The summed E-state index contributed by atoms with van der Waals surface area (Å²) in [6.07, 6.45) is -2.92. The van der Waals surface area contributed by atoms with Crippen LogP contribution in [0.5, 0.6) is 0 Å². The van der Waals surface area contributed by atoms with Crippen molar-refractivity contribution in [3.05, 3.63) is 23.1 Å². The van der Waals surface area contributed by atoms with Crippen LogP contribution in [-0.2, 0) is 6.54 Å². The van der Waals surface area contributed by atoms with Gasteiger partial charge in [-0.1, -0.05) is 0 Å². The lowest BCUT2D eigenvalue weighted by Crippen LogP contribution is -2.08. The Hall–Kier alpha value is -1.30. The molecule has 1 aromatic heterocycles. The van der Waals surface area contributed by atoms with E-state index < -0.39 is 17.9 Å². The maximum absolute atomic E-state index is 12.8. The summed E-state index contributed by atoms with van der Waals surface area (Å²) >= 11 is 0. The first-order chi connectivity index (χ1) is 6.06. The second-order valence-corrected chi connectivity index (χ2v) is 2.42. The molecule has 3 nitrogen and oxygen atoms in total. The number of pyridine rings is 1. The third-order valence-corrected chi connectivity index (χ3v) is 1.56. The van der Waals surface area contributed by atoms with Gasteiger partial charge in [-0.25, -0.2) is 13.8 Å². The van der Waals surface area contributed by atoms with Crippen molar-refractivity contribution in [2.75, 3.05) is 5.73 Å². The van der Waals surface area contributed by atoms with Crippen molar-refractivity contribution < 1.29 is 13.2 Å². The zero-order chi connectivity index (χ0) is 10.0. The first-order valence-corrected chi connectivity index (χ1v) is 3.49. The van der Waals surface area contributed by atoms with Crippen molar-refractivity contribution in [3.8, 4) is 0 Å². The van der Waals surface area contributed by atoms with Crippen molar-refractivity contribution in [1.82, 2.24) is 4.98 Å². The van der Waals surface area contributed by atoms with Crippen LogP contribution < -0.4 is 11.5 Å². The van der Waals surface area contributed by atoms with Crippen molar-refractivity contribution in [2.45, 2.75) is 13.0 Å². The highest BCUT2D eigenvalue weighted by atomic mass is 19.3. The van der Waals surface area contributed by atoms with Crippen LogP contribution in [0, 0.1) is 5.95 Å². The van der Waals surface area contributed by atoms with Gasteiger partial charge in [-0.05, 0) is 11.6 Å². The summed E-state index contributed by atoms with van der Waals surface area (Å²) in [5.74, 6) is -1.40. The predicted octanol–water partition coefficient (Wildman–Crippen LogP) is 1.20. The fourth-order valence-electron chi connectivity index (χ4n) is 0.994. The van der Waals surface area contributed by atoms with Gasteiger partial charge in [0.25, 0.3) is 6.43 Å². The van der Waals surface area contributed by atoms with E-state index in [0.717, 1.165) is 6.07 Å². The number of aromatic nitrogens is 1. The van der Waals surface area contributed by atoms with E-state index in [0.29, 0.717) is 0 Å². The van der Waals surface area contributed by atoms with Crippen LogP contribution in [0.2, 0.25) is 0 Å². The molecular weight excluding hydrogens is 183 g/mol. The molecule has 0 radical (unpaired) electrons. The molecule has 0 spiro atoms. The van der Waals surface area contributed by atoms with Gasteiger partial charge < -0.3 is 11.5 Å². The highest BCUT2D eigenvalue weighted by Gasteiger charge is 2.19. The molecule has 0 aliphatic heterocycles. The molecule has 0 saturated heterocycles. The molecule has 1 rings (SSSR count). The molecule has 72 valence electrons. The van der Waals surface area contributed by atoms with Crippen molar-refractivity contribution in [3.63, 3.8) is 0 Å². The van der Waals surface area contributed by atoms with Gasteiger partial charge in [-0.15, -0.1) is 0 Å². The zero-order valence-corrected chi connectivity index (χ0v) is 6.60.